The summed E-state index contributed by atoms with van der Waals surface area (Å²) in [6.45, 7) is -2.78. The molecular formula is C73H72O20. The number of methoxy groups -OCH3 is 4. The van der Waals surface area contributed by atoms with Gasteiger partial charge in [0, 0.05) is 41.9 Å². The number of rotatable bonds is 34. The first-order valence-corrected chi connectivity index (χ1v) is 29.4. The zero-order chi connectivity index (χ0) is 65.9. The van der Waals surface area contributed by atoms with Crippen LogP contribution in [0.15, 0.2) is 182 Å². The van der Waals surface area contributed by atoms with Crippen molar-refractivity contribution in [1.29, 1.82) is 0 Å². The van der Waals surface area contributed by atoms with Crippen LogP contribution in [0.1, 0.15) is 33.4 Å². The Morgan fingerprint density at radius 2 is 0.570 bits per heavy atom. The summed E-state index contributed by atoms with van der Waals surface area (Å²) in [5.41, 5.74) is 4.01. The number of aliphatic hydroxyl groups excluding tert-OH is 4. The second-order valence-corrected chi connectivity index (χ2v) is 20.8. The fourth-order valence-corrected chi connectivity index (χ4v) is 9.05. The summed E-state index contributed by atoms with van der Waals surface area (Å²) >= 11 is 0. The third-order valence-electron chi connectivity index (χ3n) is 14.0. The Bertz CT molecular complexity index is 3610. The third kappa shape index (κ3) is 21.8. The van der Waals surface area contributed by atoms with Gasteiger partial charge in [-0.3, -0.25) is 0 Å². The van der Waals surface area contributed by atoms with E-state index in [9.17, 15) is 39.6 Å². The average Bonchev–Trinajstić information content (AvgIpc) is 0.785. The van der Waals surface area contributed by atoms with Gasteiger partial charge in [-0.1, -0.05) is 72.8 Å². The lowest BCUT2D eigenvalue weighted by Gasteiger charge is -2.21. The van der Waals surface area contributed by atoms with Gasteiger partial charge >= 0.3 is 23.9 Å². The summed E-state index contributed by atoms with van der Waals surface area (Å²) in [5, 5.41) is 47.0. The summed E-state index contributed by atoms with van der Waals surface area (Å²) < 4.78 is 67.2. The normalized spacial score (nSPS) is 12.7. The van der Waals surface area contributed by atoms with E-state index in [-0.39, 0.29) is 46.1 Å². The van der Waals surface area contributed by atoms with Crippen LogP contribution >= 0.6 is 0 Å². The molecule has 0 saturated carbocycles. The molecule has 0 saturated heterocycles. The van der Waals surface area contributed by atoms with Crippen LogP contribution in [-0.2, 0) is 44.5 Å². The summed E-state index contributed by atoms with van der Waals surface area (Å²) in [7, 11) is 6.21. The maximum atomic E-state index is 12.8. The van der Waals surface area contributed by atoms with Crippen molar-refractivity contribution in [2.45, 2.75) is 30.8 Å². The zero-order valence-electron chi connectivity index (χ0n) is 51.6. The van der Waals surface area contributed by atoms with Gasteiger partial charge in [0.05, 0.1) is 28.4 Å². The summed E-state index contributed by atoms with van der Waals surface area (Å²) in [5.74, 6) is 1.11. The van der Waals surface area contributed by atoms with Crippen LogP contribution in [0.5, 0.6) is 46.0 Å². The molecule has 0 aliphatic carbocycles. The molecule has 0 spiro atoms. The van der Waals surface area contributed by atoms with Gasteiger partial charge in [0.1, 0.15) is 123 Å². The monoisotopic (exact) mass is 1270 g/mol. The quantitative estimate of drug-likeness (QED) is 0.0166. The second-order valence-electron chi connectivity index (χ2n) is 20.8. The van der Waals surface area contributed by atoms with Crippen LogP contribution in [0.25, 0.3) is 45.8 Å². The number of carbonyl (C=O) groups excluding carboxylic acids is 4. The first-order valence-electron chi connectivity index (χ1n) is 29.4. The zero-order valence-corrected chi connectivity index (χ0v) is 51.6. The molecule has 8 aromatic carbocycles. The summed E-state index contributed by atoms with van der Waals surface area (Å²) in [4.78, 5) is 50.8. The highest BCUT2D eigenvalue weighted by Crippen LogP contribution is 2.39. The highest BCUT2D eigenvalue weighted by atomic mass is 16.6. The number of benzene rings is 8. The predicted molar refractivity (Wildman–Crippen MR) is 349 cm³/mol. The van der Waals surface area contributed by atoms with Crippen molar-refractivity contribution in [2.75, 3.05) is 81.3 Å². The molecule has 0 fully saturated rings. The van der Waals surface area contributed by atoms with Crippen molar-refractivity contribution >= 4 is 69.7 Å². The topological polar surface area (TPSA) is 260 Å². The van der Waals surface area contributed by atoms with Crippen molar-refractivity contribution in [3.8, 4) is 46.0 Å². The van der Waals surface area contributed by atoms with Crippen molar-refractivity contribution in [1.82, 2.24) is 0 Å². The van der Waals surface area contributed by atoms with Gasteiger partial charge in [0.15, 0.2) is 0 Å². The van der Waals surface area contributed by atoms with E-state index in [1.165, 1.54) is 24.3 Å². The van der Waals surface area contributed by atoms with E-state index in [1.807, 2.05) is 0 Å². The maximum Gasteiger partial charge on any atom is 0.330 e. The minimum absolute atomic E-state index is 0.0277. The number of hydrogen-bond donors (Lipinski definition) is 4. The molecule has 0 heterocycles. The predicted octanol–water partition coefficient (Wildman–Crippen LogP) is 9.60. The van der Waals surface area contributed by atoms with E-state index < -0.39 is 61.5 Å². The van der Waals surface area contributed by atoms with E-state index in [0.717, 1.165) is 33.0 Å². The highest BCUT2D eigenvalue weighted by Gasteiger charge is 2.21. The molecule has 20 nitrogen and oxygen atoms in total. The Balaban J connectivity index is 1.04. The third-order valence-corrected chi connectivity index (χ3v) is 14.0. The van der Waals surface area contributed by atoms with Crippen molar-refractivity contribution < 1.29 is 96.4 Å². The second kappa shape index (κ2) is 35.1. The van der Waals surface area contributed by atoms with Crippen LogP contribution in [0.3, 0.4) is 0 Å². The number of fused-ring (bicyclic) bond motifs is 2. The van der Waals surface area contributed by atoms with Crippen LogP contribution in [0, 0.1) is 0 Å². The van der Waals surface area contributed by atoms with Crippen LogP contribution < -0.4 is 37.9 Å². The molecule has 0 bridgehead atoms. The average molecular weight is 1270 g/mol. The lowest BCUT2D eigenvalue weighted by molar-refractivity contribution is -0.141. The molecule has 484 valence electrons. The molecule has 4 unspecified atom stereocenters. The Morgan fingerprint density at radius 3 is 0.839 bits per heavy atom. The number of aliphatic hydroxyl groups is 4. The molecule has 0 aliphatic heterocycles. The first-order chi connectivity index (χ1) is 45.1. The van der Waals surface area contributed by atoms with E-state index in [0.29, 0.717) is 67.9 Å². The maximum absolute atomic E-state index is 12.8. The van der Waals surface area contributed by atoms with Gasteiger partial charge in [-0.05, 0) is 153 Å². The fourth-order valence-electron chi connectivity index (χ4n) is 9.05. The Labute approximate surface area is 537 Å². The fraction of sp³-hybridized carbons (Fsp3) is 0.233. The molecule has 0 radical (unpaired) electrons. The number of ether oxygens (including phenoxy) is 12. The van der Waals surface area contributed by atoms with E-state index in [1.54, 1.807) is 210 Å². The number of hydrogen-bond acceptors (Lipinski definition) is 20. The molecule has 8 rings (SSSR count). The SMILES string of the molecule is COc1ccc(C=CC(=O)OCC(O)COc2ccc3ccc(OCC(O)COC(=O)C=Cc4ccc(OC)cc4)c(Cc4c(OCC(O)COC(=O)C=Cc5ccc(OC)cc5)ccc5ccc(OCC(O)COC(=O)C=Cc6ccc(OC)cc6)cc45)c3c2)cc1. The highest BCUT2D eigenvalue weighted by molar-refractivity contribution is 5.93. The van der Waals surface area contributed by atoms with Crippen molar-refractivity contribution in [3.05, 3.63) is 215 Å². The molecule has 0 amide bonds. The van der Waals surface area contributed by atoms with Crippen LogP contribution in [0.2, 0.25) is 0 Å². The van der Waals surface area contributed by atoms with Gasteiger partial charge in [0.25, 0.3) is 0 Å². The van der Waals surface area contributed by atoms with Crippen molar-refractivity contribution in [3.63, 3.8) is 0 Å². The van der Waals surface area contributed by atoms with E-state index in [2.05, 4.69) is 0 Å². The lowest BCUT2D eigenvalue weighted by atomic mass is 9.93. The molecule has 20 heteroatoms. The Hall–Kier alpha value is -10.6. The summed E-state index contributed by atoms with van der Waals surface area (Å²) in [6, 6.07) is 45.7. The molecular weight excluding hydrogens is 1200 g/mol. The Morgan fingerprint density at radius 1 is 0.323 bits per heavy atom. The first kappa shape index (κ1) is 68.3. The molecule has 4 atom stereocenters. The lowest BCUT2D eigenvalue weighted by Crippen LogP contribution is -2.25. The minimum Gasteiger partial charge on any atom is -0.497 e. The van der Waals surface area contributed by atoms with Crippen LogP contribution in [-0.4, -0.2) is 150 Å². The number of carbonyl (C=O) groups is 4. The van der Waals surface area contributed by atoms with Gasteiger partial charge in [-0.2, -0.15) is 0 Å². The van der Waals surface area contributed by atoms with Crippen LogP contribution in [0.4, 0.5) is 0 Å². The van der Waals surface area contributed by atoms with Gasteiger partial charge < -0.3 is 77.3 Å². The van der Waals surface area contributed by atoms with Crippen molar-refractivity contribution in [2.24, 2.45) is 0 Å². The molecule has 93 heavy (non-hydrogen) atoms. The minimum atomic E-state index is -1.30. The smallest absolute Gasteiger partial charge is 0.330 e. The number of esters is 4. The molecule has 0 aliphatic rings. The summed E-state index contributed by atoms with van der Waals surface area (Å²) in [6.07, 6.45) is 6.23. The Kier molecular flexibility index (Phi) is 25.8. The largest absolute Gasteiger partial charge is 0.497 e. The van der Waals surface area contributed by atoms with Gasteiger partial charge in [0.2, 0.25) is 0 Å². The molecule has 0 aromatic heterocycles. The van der Waals surface area contributed by atoms with E-state index >= 15 is 0 Å². The molecule has 8 aromatic rings. The van der Waals surface area contributed by atoms with Gasteiger partial charge in [-0.15, -0.1) is 0 Å². The standard InChI is InChI=1S/C73H72O20/c1-82-58-21-5-48(6-22-58)13-33-70(78)90-44-54(74)40-86-62-29-17-52-19-31-68(88-42-56(76)46-92-72(80)35-15-50-9-25-60(84-3)26-10-50)66(64(52)37-62)39-67-65-38-63(87-41-55(75)45-91-71(79)34-14-49-7-23-59(83-2)24-8-49)30-18-53(65)20-32-69(67)89-43-57(77)47-93-73(81)36-16-51-11-27-61(85-4)28-12-51/h5-38,54-57,74-77H,39-47H2,1-4H3. The van der Waals surface area contributed by atoms with E-state index in [4.69, 9.17) is 56.8 Å². The molecule has 4 N–H and O–H groups in total. The van der Waals surface area contributed by atoms with Gasteiger partial charge in [-0.25, -0.2) is 19.2 Å².